The summed E-state index contributed by atoms with van der Waals surface area (Å²) in [5.74, 6) is 10.6. The van der Waals surface area contributed by atoms with Crippen LogP contribution < -0.4 is 10.6 Å². The van der Waals surface area contributed by atoms with Gasteiger partial charge in [0.2, 0.25) is 0 Å². The maximum Gasteiger partial charge on any atom is 0.335 e. The number of aliphatic hydroxyl groups excluding tert-OH is 2. The Balaban J connectivity index is 0.000000259. The summed E-state index contributed by atoms with van der Waals surface area (Å²) in [6.45, 7) is 32.4. The molecule has 80 heavy (non-hydrogen) atoms. The lowest BCUT2D eigenvalue weighted by molar-refractivity contribution is 0.0686. The third-order valence-corrected chi connectivity index (χ3v) is 13.8. The molecular weight excluding hydrogens is 989 g/mol. The Bertz CT molecular complexity index is 3360. The van der Waals surface area contributed by atoms with Crippen LogP contribution in [0, 0.1) is 29.6 Å². The molecule has 8 heteroatoms. The first-order valence-electron chi connectivity index (χ1n) is 27.7. The van der Waals surface area contributed by atoms with Gasteiger partial charge in [-0.15, -0.1) is 0 Å². The van der Waals surface area contributed by atoms with E-state index in [9.17, 15) is 24.9 Å². The maximum absolute atomic E-state index is 11.6. The number of hydrogen-bond acceptors (Lipinski definition) is 6. The lowest BCUT2D eigenvalue weighted by Crippen LogP contribution is -2.27. The van der Waals surface area contributed by atoms with Crippen LogP contribution in [0.15, 0.2) is 152 Å². The molecule has 0 radical (unpaired) electrons. The largest absolute Gasteiger partial charge is 0.478 e. The maximum atomic E-state index is 11.6. The molecule has 0 fully saturated rings. The fourth-order valence-corrected chi connectivity index (χ4v) is 9.63. The fourth-order valence-electron chi connectivity index (χ4n) is 9.63. The molecule has 7 aromatic carbocycles. The van der Waals surface area contributed by atoms with Gasteiger partial charge in [0.15, 0.2) is 0 Å². The molecule has 0 bridgehead atoms. The first kappa shape index (κ1) is 61.3. The van der Waals surface area contributed by atoms with E-state index in [1.54, 1.807) is 24.3 Å². The first-order chi connectivity index (χ1) is 37.5. The molecule has 0 aromatic heterocycles. The molecule has 0 spiro atoms. The number of nitrogens with one attached hydrogen (secondary N) is 2. The highest BCUT2D eigenvalue weighted by molar-refractivity contribution is 5.88. The van der Waals surface area contributed by atoms with Crippen LogP contribution >= 0.6 is 0 Å². The summed E-state index contributed by atoms with van der Waals surface area (Å²) >= 11 is 0. The van der Waals surface area contributed by atoms with Gasteiger partial charge in [-0.2, -0.15) is 0 Å². The van der Waals surface area contributed by atoms with Crippen molar-refractivity contribution in [2.45, 2.75) is 137 Å². The number of carboxylic acids is 2. The number of benzene rings is 7. The minimum Gasteiger partial charge on any atom is -0.478 e. The molecule has 2 unspecified atom stereocenters. The quantitative estimate of drug-likeness (QED) is 0.0628. The second kappa shape index (κ2) is 25.9. The second-order valence-electron chi connectivity index (χ2n) is 25.1. The lowest BCUT2D eigenvalue weighted by atomic mass is 9.70. The number of aliphatic hydroxyl groups is 2. The van der Waals surface area contributed by atoms with Crippen LogP contribution in [0.3, 0.4) is 0 Å². The summed E-state index contributed by atoms with van der Waals surface area (Å²) in [6.07, 6.45) is -1.15. The zero-order valence-corrected chi connectivity index (χ0v) is 49.4. The molecule has 6 N–H and O–H groups in total. The van der Waals surface area contributed by atoms with E-state index in [4.69, 9.17) is 5.11 Å². The topological polar surface area (TPSA) is 139 Å². The van der Waals surface area contributed by atoms with Crippen molar-refractivity contribution in [3.05, 3.63) is 213 Å². The highest BCUT2D eigenvalue weighted by Crippen LogP contribution is 2.47. The summed E-state index contributed by atoms with van der Waals surface area (Å²) < 4.78 is 0. The molecule has 0 heterocycles. The van der Waals surface area contributed by atoms with E-state index in [1.165, 1.54) is 41.0 Å². The Morgan fingerprint density at radius 1 is 0.500 bits per heavy atom. The molecule has 7 rings (SSSR count). The van der Waals surface area contributed by atoms with Crippen LogP contribution in [0.2, 0.25) is 0 Å². The van der Waals surface area contributed by atoms with E-state index in [2.05, 4.69) is 204 Å². The zero-order valence-electron chi connectivity index (χ0n) is 49.4. The van der Waals surface area contributed by atoms with Gasteiger partial charge in [-0.3, -0.25) is 0 Å². The van der Waals surface area contributed by atoms with Crippen molar-refractivity contribution in [1.82, 2.24) is 0 Å². The molecule has 0 aliphatic carbocycles. The summed E-state index contributed by atoms with van der Waals surface area (Å²) in [4.78, 5) is 22.4. The molecule has 416 valence electrons. The Morgan fingerprint density at radius 3 is 1.44 bits per heavy atom. The third kappa shape index (κ3) is 16.4. The van der Waals surface area contributed by atoms with Gasteiger partial charge in [-0.05, 0) is 151 Å². The number of anilines is 2. The molecular formula is C72H82N2O6. The Kier molecular flexibility index (Phi) is 19.9. The van der Waals surface area contributed by atoms with Gasteiger partial charge in [0.05, 0.1) is 11.1 Å². The monoisotopic (exact) mass is 1070 g/mol. The Morgan fingerprint density at radius 2 is 0.975 bits per heavy atom. The molecule has 7 aromatic rings. The highest BCUT2D eigenvalue weighted by atomic mass is 16.4. The van der Waals surface area contributed by atoms with Crippen molar-refractivity contribution in [1.29, 1.82) is 0 Å². The normalized spacial score (nSPS) is 12.4. The lowest BCUT2D eigenvalue weighted by Gasteiger charge is -2.37. The van der Waals surface area contributed by atoms with E-state index in [1.807, 2.05) is 30.3 Å². The average Bonchev–Trinajstić information content (AvgIpc) is 3.61. The Labute approximate surface area is 476 Å². The van der Waals surface area contributed by atoms with Crippen LogP contribution in [0.1, 0.15) is 180 Å². The van der Waals surface area contributed by atoms with Crippen molar-refractivity contribution >= 4 is 23.3 Å². The van der Waals surface area contributed by atoms with Gasteiger partial charge in [0.25, 0.3) is 0 Å². The van der Waals surface area contributed by atoms with Crippen LogP contribution in [-0.2, 0) is 28.1 Å². The minimum absolute atomic E-state index is 0.0438. The fraction of sp³-hybridized carbons (Fsp3) is 0.333. The van der Waals surface area contributed by atoms with E-state index < -0.39 is 24.1 Å². The van der Waals surface area contributed by atoms with E-state index in [0.717, 1.165) is 75.4 Å². The molecule has 2 atom stereocenters. The van der Waals surface area contributed by atoms with Gasteiger partial charge in [-0.25, -0.2) is 9.59 Å². The number of hydrogen-bond donors (Lipinski definition) is 6. The van der Waals surface area contributed by atoms with Gasteiger partial charge in [-0.1, -0.05) is 206 Å². The van der Waals surface area contributed by atoms with Crippen LogP contribution in [0.5, 0.6) is 0 Å². The standard InChI is InChI=1S/C38H41NO3.C34H41NO3/c1-37(2,3)31-19-17-28(18-20-31)32-24-30(34(40)21-14-27-12-15-29(16-13-27)36(41)42)25-33(38(4,5)6)35(32)39-23-22-26-10-8-7-9-11-26;1-22(2)21-35-31-26(24-12-10-9-11-13-24)20-27(29(33(3,4)5)30(31)34(6,7)8)28(36)19-16-23-14-17-25(18-15-23)32(37)38/h7-13,15-20,24-25,34,39-40H,22-23H2,1-6H3,(H,41,42);9-15,17-18,20,22,28,35-36H,21H2,1-8H3,(H,37,38). The summed E-state index contributed by atoms with van der Waals surface area (Å²) in [5.41, 5.74) is 14.9. The number of carboxylic acid groups (broad SMARTS) is 2. The molecule has 0 amide bonds. The molecule has 0 aliphatic rings. The number of carbonyl (C=O) groups is 2. The molecule has 0 aliphatic heterocycles. The smallest absolute Gasteiger partial charge is 0.335 e. The summed E-state index contributed by atoms with van der Waals surface area (Å²) in [5, 5.41) is 48.7. The minimum atomic E-state index is -1.02. The Hall–Kier alpha value is -7.88. The van der Waals surface area contributed by atoms with Crippen LogP contribution in [0.25, 0.3) is 22.3 Å². The van der Waals surface area contributed by atoms with E-state index in [0.29, 0.717) is 17.0 Å². The first-order valence-corrected chi connectivity index (χ1v) is 27.7. The van der Waals surface area contributed by atoms with Crippen molar-refractivity contribution in [2.24, 2.45) is 5.92 Å². The zero-order chi connectivity index (χ0) is 58.7. The molecule has 0 saturated heterocycles. The number of rotatable bonds is 13. The van der Waals surface area contributed by atoms with Crippen molar-refractivity contribution in [3.63, 3.8) is 0 Å². The van der Waals surface area contributed by atoms with Crippen molar-refractivity contribution in [3.8, 4) is 45.9 Å². The van der Waals surface area contributed by atoms with Crippen molar-refractivity contribution < 1.29 is 30.0 Å². The predicted octanol–water partition coefficient (Wildman–Crippen LogP) is 16.2. The van der Waals surface area contributed by atoms with Gasteiger partial charge in [0.1, 0.15) is 12.2 Å². The van der Waals surface area contributed by atoms with E-state index >= 15 is 0 Å². The summed E-state index contributed by atoms with van der Waals surface area (Å²) in [7, 11) is 0. The van der Waals surface area contributed by atoms with Crippen molar-refractivity contribution in [2.75, 3.05) is 23.7 Å². The second-order valence-corrected chi connectivity index (χ2v) is 25.1. The van der Waals surface area contributed by atoms with E-state index in [-0.39, 0.29) is 32.8 Å². The van der Waals surface area contributed by atoms with Crippen LogP contribution in [0.4, 0.5) is 11.4 Å². The molecule has 8 nitrogen and oxygen atoms in total. The third-order valence-electron chi connectivity index (χ3n) is 13.8. The highest BCUT2D eigenvalue weighted by Gasteiger charge is 2.34. The van der Waals surface area contributed by atoms with Gasteiger partial charge in [0, 0.05) is 46.7 Å². The van der Waals surface area contributed by atoms with Gasteiger partial charge >= 0.3 is 11.9 Å². The molecule has 0 saturated carbocycles. The summed E-state index contributed by atoms with van der Waals surface area (Å²) in [6, 6.07) is 48.4. The van der Waals surface area contributed by atoms with Crippen LogP contribution in [-0.4, -0.2) is 45.5 Å². The predicted molar refractivity (Wildman–Crippen MR) is 331 cm³/mol. The van der Waals surface area contributed by atoms with Gasteiger partial charge < -0.3 is 31.1 Å². The number of aromatic carboxylic acids is 2. The SMILES string of the molecule is CC(C)(C)c1ccc(-c2cc(C(O)C#Cc3ccc(C(=O)O)cc3)cc(C(C)(C)C)c2NCCc2ccccc2)cc1.CC(C)CNc1c(-c2ccccc2)cc(C(O)C#Cc2ccc(C(=O)O)cc2)c(C(C)(C)C)c1C(C)(C)C. The average molecular weight is 1070 g/mol.